The van der Waals surface area contributed by atoms with Gasteiger partial charge in [0.25, 0.3) is 0 Å². The fraction of sp³-hybridized carbons (Fsp3) is 0.421. The SMILES string of the molecule is COc1nc(-c2cccc(-c3cccc(-c4cnc(CNCC[C@@H]5CCC(=O)N5)c(OC)n4)c3Cl)c2Cl)cnc1CCCC[C@@H]1CCC(=O)C1. The fourth-order valence-electron chi connectivity index (χ4n) is 6.79. The van der Waals surface area contributed by atoms with Gasteiger partial charge < -0.3 is 20.1 Å². The molecule has 1 amide bonds. The quantitative estimate of drug-likeness (QED) is 0.121. The van der Waals surface area contributed by atoms with E-state index in [4.69, 9.17) is 47.6 Å². The average Bonchev–Trinajstić information content (AvgIpc) is 3.75. The molecule has 12 heteroatoms. The summed E-state index contributed by atoms with van der Waals surface area (Å²) >= 11 is 14.1. The van der Waals surface area contributed by atoms with E-state index in [0.717, 1.165) is 81.2 Å². The van der Waals surface area contributed by atoms with Crippen molar-refractivity contribution in [3.05, 3.63) is 70.2 Å². The second kappa shape index (κ2) is 16.7. The van der Waals surface area contributed by atoms with Crippen molar-refractivity contribution in [1.29, 1.82) is 0 Å². The molecule has 0 radical (unpaired) electrons. The lowest BCUT2D eigenvalue weighted by molar-refractivity contribution is -0.119. The van der Waals surface area contributed by atoms with Gasteiger partial charge >= 0.3 is 0 Å². The Labute approximate surface area is 302 Å². The Morgan fingerprint density at radius 1 is 0.800 bits per heavy atom. The first-order valence-corrected chi connectivity index (χ1v) is 18.0. The number of methoxy groups -OCH3 is 2. The molecule has 1 aliphatic carbocycles. The zero-order chi connectivity index (χ0) is 35.0. The summed E-state index contributed by atoms with van der Waals surface area (Å²) in [4.78, 5) is 41.9. The molecule has 2 atom stereocenters. The summed E-state index contributed by atoms with van der Waals surface area (Å²) in [6.45, 7) is 1.21. The highest BCUT2D eigenvalue weighted by Crippen LogP contribution is 2.42. The normalized spacial score (nSPS) is 17.3. The maximum atomic E-state index is 11.6. The van der Waals surface area contributed by atoms with Gasteiger partial charge in [-0.25, -0.2) is 9.97 Å². The first kappa shape index (κ1) is 35.7. The third-order valence-electron chi connectivity index (χ3n) is 9.52. The topological polar surface area (TPSA) is 128 Å². The number of carbonyl (C=O) groups is 2. The van der Waals surface area contributed by atoms with Crippen LogP contribution in [-0.4, -0.2) is 58.4 Å². The minimum atomic E-state index is 0.119. The monoisotopic (exact) mass is 716 g/mol. The van der Waals surface area contributed by atoms with Gasteiger partial charge in [-0.15, -0.1) is 0 Å². The molecule has 0 unspecified atom stereocenters. The number of ether oxygens (including phenoxy) is 2. The van der Waals surface area contributed by atoms with E-state index in [1.807, 2.05) is 36.4 Å². The second-order valence-corrected chi connectivity index (χ2v) is 13.7. The number of rotatable bonds is 15. The number of nitrogens with zero attached hydrogens (tertiary/aromatic N) is 4. The first-order chi connectivity index (χ1) is 24.3. The Hall–Kier alpha value is -4.12. The highest BCUT2D eigenvalue weighted by Gasteiger charge is 2.23. The number of hydrogen-bond acceptors (Lipinski definition) is 9. The third-order valence-corrected chi connectivity index (χ3v) is 10.3. The van der Waals surface area contributed by atoms with Crippen molar-refractivity contribution in [2.45, 2.75) is 76.8 Å². The number of aryl methyl sites for hydroxylation is 1. The van der Waals surface area contributed by atoms with E-state index in [0.29, 0.717) is 74.7 Å². The Morgan fingerprint density at radius 2 is 1.42 bits per heavy atom. The van der Waals surface area contributed by atoms with E-state index in [2.05, 4.69) is 15.6 Å². The van der Waals surface area contributed by atoms with Crippen LogP contribution in [0.1, 0.15) is 69.2 Å². The minimum absolute atomic E-state index is 0.119. The summed E-state index contributed by atoms with van der Waals surface area (Å²) < 4.78 is 11.2. The molecule has 262 valence electrons. The molecule has 1 saturated carbocycles. The molecular formula is C38H42Cl2N6O4. The number of aromatic nitrogens is 4. The summed E-state index contributed by atoms with van der Waals surface area (Å²) in [7, 11) is 3.17. The average molecular weight is 718 g/mol. The van der Waals surface area contributed by atoms with E-state index < -0.39 is 0 Å². The molecule has 2 aromatic carbocycles. The zero-order valence-electron chi connectivity index (χ0n) is 28.4. The number of carbonyl (C=O) groups excluding carboxylic acids is 2. The van der Waals surface area contributed by atoms with E-state index in [1.54, 1.807) is 26.6 Å². The molecular weight excluding hydrogens is 675 g/mol. The largest absolute Gasteiger partial charge is 0.480 e. The van der Waals surface area contributed by atoms with Crippen LogP contribution in [0.25, 0.3) is 33.6 Å². The van der Waals surface area contributed by atoms with Crippen molar-refractivity contribution in [3.8, 4) is 45.4 Å². The number of unbranched alkanes of at least 4 members (excludes halogenated alkanes) is 1. The molecule has 2 aliphatic rings. The first-order valence-electron chi connectivity index (χ1n) is 17.2. The predicted octanol–water partition coefficient (Wildman–Crippen LogP) is 7.43. The van der Waals surface area contributed by atoms with Gasteiger partial charge in [-0.3, -0.25) is 19.6 Å². The highest BCUT2D eigenvalue weighted by atomic mass is 35.5. The van der Waals surface area contributed by atoms with E-state index in [1.165, 1.54) is 0 Å². The summed E-state index contributed by atoms with van der Waals surface area (Å²) in [5.41, 5.74) is 5.54. The molecule has 1 aliphatic heterocycles. The molecule has 2 fully saturated rings. The highest BCUT2D eigenvalue weighted by molar-refractivity contribution is 6.39. The molecule has 0 bridgehead atoms. The van der Waals surface area contributed by atoms with Gasteiger partial charge in [0.15, 0.2) is 0 Å². The zero-order valence-corrected chi connectivity index (χ0v) is 29.9. The molecule has 1 saturated heterocycles. The molecule has 50 heavy (non-hydrogen) atoms. The number of hydrogen-bond donors (Lipinski definition) is 2. The van der Waals surface area contributed by atoms with Crippen LogP contribution in [0.5, 0.6) is 11.8 Å². The van der Waals surface area contributed by atoms with E-state index in [-0.39, 0.29) is 11.9 Å². The van der Waals surface area contributed by atoms with Crippen LogP contribution in [0.4, 0.5) is 0 Å². The van der Waals surface area contributed by atoms with Gasteiger partial charge in [-0.05, 0) is 51.0 Å². The maximum Gasteiger partial charge on any atom is 0.237 e. The van der Waals surface area contributed by atoms with Crippen molar-refractivity contribution in [3.63, 3.8) is 0 Å². The Balaban J connectivity index is 1.16. The lowest BCUT2D eigenvalue weighted by Crippen LogP contribution is -2.29. The van der Waals surface area contributed by atoms with Crippen LogP contribution in [0.15, 0.2) is 48.8 Å². The lowest BCUT2D eigenvalue weighted by Gasteiger charge is -2.15. The number of benzene rings is 2. The molecule has 0 spiro atoms. The van der Waals surface area contributed by atoms with Crippen LogP contribution in [0.2, 0.25) is 10.0 Å². The van der Waals surface area contributed by atoms with Crippen molar-refractivity contribution >= 4 is 34.9 Å². The predicted molar refractivity (Wildman–Crippen MR) is 194 cm³/mol. The molecule has 3 heterocycles. The second-order valence-electron chi connectivity index (χ2n) is 12.9. The van der Waals surface area contributed by atoms with Crippen LogP contribution in [0, 0.1) is 5.92 Å². The summed E-state index contributed by atoms with van der Waals surface area (Å²) in [6.07, 6.45) is 12.0. The smallest absolute Gasteiger partial charge is 0.237 e. The molecule has 6 rings (SSSR count). The van der Waals surface area contributed by atoms with Crippen molar-refractivity contribution in [2.75, 3.05) is 20.8 Å². The summed E-state index contributed by atoms with van der Waals surface area (Å²) in [5.74, 6) is 1.93. The summed E-state index contributed by atoms with van der Waals surface area (Å²) in [6, 6.07) is 11.7. The van der Waals surface area contributed by atoms with Crippen molar-refractivity contribution < 1.29 is 19.1 Å². The van der Waals surface area contributed by atoms with E-state index in [9.17, 15) is 9.59 Å². The van der Waals surface area contributed by atoms with Gasteiger partial charge in [0.1, 0.15) is 17.2 Å². The lowest BCUT2D eigenvalue weighted by atomic mass is 9.98. The Bertz CT molecular complexity index is 1720. The standard InChI is InChI=1S/C38H42Cl2N6O4/c1-49-37-30(12-4-3-7-23-13-15-25(47)19-23)42-21-31(45-37)28-10-5-8-26(35(28)39)27-9-6-11-29(36(27)40)32-22-43-33(38(46-32)50-2)20-41-18-17-24-14-16-34(48)44-24/h5-6,8-11,21-24,41H,3-4,7,12-20H2,1-2H3,(H,44,48)/t23-,24+/m1/s1. The molecule has 2 aromatic heterocycles. The Kier molecular flexibility index (Phi) is 11.9. The van der Waals surface area contributed by atoms with Crippen LogP contribution in [-0.2, 0) is 22.6 Å². The number of ketones is 1. The van der Waals surface area contributed by atoms with Crippen molar-refractivity contribution in [2.24, 2.45) is 5.92 Å². The van der Waals surface area contributed by atoms with E-state index >= 15 is 0 Å². The minimum Gasteiger partial charge on any atom is -0.480 e. The van der Waals surface area contributed by atoms with Gasteiger partial charge in [-0.1, -0.05) is 66.0 Å². The third kappa shape index (κ3) is 8.42. The Morgan fingerprint density at radius 3 is 2.00 bits per heavy atom. The van der Waals surface area contributed by atoms with Gasteiger partial charge in [0.05, 0.1) is 48.0 Å². The van der Waals surface area contributed by atoms with Gasteiger partial charge in [0.2, 0.25) is 17.7 Å². The van der Waals surface area contributed by atoms with Crippen LogP contribution < -0.4 is 20.1 Å². The van der Waals surface area contributed by atoms with Crippen LogP contribution in [0.3, 0.4) is 0 Å². The number of Topliss-reactive ketones (excluding diaryl/α,β-unsaturated/α-hetero) is 1. The van der Waals surface area contributed by atoms with Gasteiger partial charge in [0, 0.05) is 54.1 Å². The number of nitrogens with one attached hydrogen (secondary N) is 2. The number of halogens is 2. The van der Waals surface area contributed by atoms with Gasteiger partial charge in [-0.2, -0.15) is 0 Å². The molecule has 2 N–H and O–H groups in total. The molecule has 10 nitrogen and oxygen atoms in total. The fourth-order valence-corrected chi connectivity index (χ4v) is 7.44. The number of amides is 1. The van der Waals surface area contributed by atoms with Crippen molar-refractivity contribution in [1.82, 2.24) is 30.6 Å². The van der Waals surface area contributed by atoms with Crippen LogP contribution >= 0.6 is 23.2 Å². The summed E-state index contributed by atoms with van der Waals surface area (Å²) in [5, 5.41) is 7.33. The molecule has 4 aromatic rings. The maximum absolute atomic E-state index is 11.6.